The molecule has 3 heterocycles. The van der Waals surface area contributed by atoms with Crippen LogP contribution in [0.15, 0.2) is 12.4 Å². The van der Waals surface area contributed by atoms with Crippen LogP contribution in [0, 0.1) is 5.92 Å². The van der Waals surface area contributed by atoms with Gasteiger partial charge in [-0.05, 0) is 67.2 Å². The first-order valence-corrected chi connectivity index (χ1v) is 11.3. The van der Waals surface area contributed by atoms with Crippen molar-refractivity contribution >= 4 is 24.6 Å². The zero-order valence-electron chi connectivity index (χ0n) is 19.8. The van der Waals surface area contributed by atoms with Crippen molar-refractivity contribution in [3.05, 3.63) is 12.4 Å². The van der Waals surface area contributed by atoms with E-state index in [0.29, 0.717) is 24.6 Å². The maximum Gasteiger partial charge on any atom is 0.516 e. The van der Waals surface area contributed by atoms with E-state index >= 15 is 0 Å². The summed E-state index contributed by atoms with van der Waals surface area (Å²) in [5.41, 5.74) is -0.671. The Balaban J connectivity index is 1.49. The molecule has 1 amide bonds. The summed E-state index contributed by atoms with van der Waals surface area (Å²) in [6.07, 6.45) is 5.57. The summed E-state index contributed by atoms with van der Waals surface area (Å²) < 4.78 is 17.9. The molecule has 1 saturated carbocycles. The van der Waals surface area contributed by atoms with Gasteiger partial charge in [0.15, 0.2) is 0 Å². The molecule has 1 aromatic rings. The fourth-order valence-corrected chi connectivity index (χ4v) is 4.05. The summed E-state index contributed by atoms with van der Waals surface area (Å²) in [6, 6.07) is 0.130. The normalized spacial score (nSPS) is 25.6. The van der Waals surface area contributed by atoms with Crippen LogP contribution in [0.3, 0.4) is 0 Å². The SMILES string of the molecule is CC(C)(C)OC(=O)N1CCN(c2cncc(B3OC(C)(C)C(C)(C)O3)n2)C[C@@H]1C1CC1. The number of carbonyl (C=O) groups is 1. The molecule has 1 aromatic heterocycles. The Hall–Kier alpha value is -1.87. The molecule has 2 aliphatic heterocycles. The van der Waals surface area contributed by atoms with Gasteiger partial charge in [0.25, 0.3) is 0 Å². The summed E-state index contributed by atoms with van der Waals surface area (Å²) in [7, 11) is -0.542. The van der Waals surface area contributed by atoms with E-state index in [9.17, 15) is 4.79 Å². The molecule has 0 aromatic carbocycles. The Morgan fingerprint density at radius 1 is 1.13 bits per heavy atom. The maximum atomic E-state index is 12.8. The van der Waals surface area contributed by atoms with Gasteiger partial charge in [0.2, 0.25) is 0 Å². The number of ether oxygens (including phenoxy) is 1. The van der Waals surface area contributed by atoms with Crippen LogP contribution in [-0.4, -0.2) is 70.6 Å². The van der Waals surface area contributed by atoms with E-state index in [1.54, 1.807) is 12.4 Å². The van der Waals surface area contributed by atoms with Crippen LogP contribution in [-0.2, 0) is 14.0 Å². The highest BCUT2D eigenvalue weighted by Gasteiger charge is 2.52. The van der Waals surface area contributed by atoms with Crippen molar-refractivity contribution in [3.63, 3.8) is 0 Å². The maximum absolute atomic E-state index is 12.8. The number of anilines is 1. The summed E-state index contributed by atoms with van der Waals surface area (Å²) >= 11 is 0. The van der Waals surface area contributed by atoms with Crippen molar-refractivity contribution in [1.29, 1.82) is 0 Å². The number of rotatable bonds is 3. The number of aromatic nitrogens is 2. The highest BCUT2D eigenvalue weighted by atomic mass is 16.7. The summed E-state index contributed by atoms with van der Waals surface area (Å²) in [6.45, 7) is 15.9. The van der Waals surface area contributed by atoms with Crippen LogP contribution in [0.2, 0.25) is 0 Å². The van der Waals surface area contributed by atoms with Crippen LogP contribution in [0.4, 0.5) is 10.6 Å². The van der Waals surface area contributed by atoms with Crippen molar-refractivity contribution in [2.45, 2.75) is 84.2 Å². The van der Waals surface area contributed by atoms with Crippen molar-refractivity contribution < 1.29 is 18.8 Å². The van der Waals surface area contributed by atoms with E-state index in [4.69, 9.17) is 19.0 Å². The first-order valence-electron chi connectivity index (χ1n) is 11.3. The Bertz CT molecular complexity index is 821. The van der Waals surface area contributed by atoms with Crippen LogP contribution >= 0.6 is 0 Å². The third-order valence-corrected chi connectivity index (χ3v) is 6.67. The minimum absolute atomic E-state index is 0.130. The van der Waals surface area contributed by atoms with Gasteiger partial charge in [-0.2, -0.15) is 0 Å². The molecule has 2 saturated heterocycles. The molecule has 0 unspecified atom stereocenters. The number of carbonyl (C=O) groups excluding carboxylic acids is 1. The molecule has 3 aliphatic rings. The second kappa shape index (κ2) is 7.62. The summed E-state index contributed by atoms with van der Waals surface area (Å²) in [5, 5.41) is 0. The summed E-state index contributed by atoms with van der Waals surface area (Å²) in [4.78, 5) is 26.1. The Morgan fingerprint density at radius 2 is 1.77 bits per heavy atom. The van der Waals surface area contributed by atoms with Gasteiger partial charge in [-0.15, -0.1) is 0 Å². The minimum atomic E-state index is -0.542. The lowest BCUT2D eigenvalue weighted by Crippen LogP contribution is -2.57. The third kappa shape index (κ3) is 4.67. The zero-order chi connectivity index (χ0) is 22.6. The lowest BCUT2D eigenvalue weighted by atomic mass is 9.85. The molecule has 1 aliphatic carbocycles. The van der Waals surface area contributed by atoms with Gasteiger partial charge in [0, 0.05) is 25.8 Å². The number of amides is 1. The zero-order valence-corrected chi connectivity index (χ0v) is 19.8. The largest absolute Gasteiger partial charge is 0.516 e. The molecule has 8 nitrogen and oxygen atoms in total. The third-order valence-electron chi connectivity index (χ3n) is 6.67. The van der Waals surface area contributed by atoms with Crippen LogP contribution in [0.5, 0.6) is 0 Å². The lowest BCUT2D eigenvalue weighted by molar-refractivity contribution is 0.00578. The molecule has 9 heteroatoms. The van der Waals surface area contributed by atoms with E-state index < -0.39 is 23.9 Å². The van der Waals surface area contributed by atoms with Gasteiger partial charge < -0.3 is 23.8 Å². The van der Waals surface area contributed by atoms with Crippen molar-refractivity contribution in [1.82, 2.24) is 14.9 Å². The van der Waals surface area contributed by atoms with E-state index in [1.165, 1.54) is 0 Å². The molecular weight excluding hydrogens is 395 g/mol. The predicted octanol–water partition coefficient (Wildman–Crippen LogP) is 2.61. The van der Waals surface area contributed by atoms with Crippen LogP contribution in [0.1, 0.15) is 61.3 Å². The molecule has 31 heavy (non-hydrogen) atoms. The second-order valence-electron chi connectivity index (χ2n) is 10.9. The number of piperazine rings is 1. The van der Waals surface area contributed by atoms with E-state index in [2.05, 4.69) is 9.88 Å². The quantitative estimate of drug-likeness (QED) is 0.683. The molecule has 0 radical (unpaired) electrons. The molecule has 3 fully saturated rings. The molecule has 1 atom stereocenters. The topological polar surface area (TPSA) is 77.0 Å². The van der Waals surface area contributed by atoms with Gasteiger partial charge in [-0.1, -0.05) is 0 Å². The lowest BCUT2D eigenvalue weighted by Gasteiger charge is -2.42. The van der Waals surface area contributed by atoms with E-state index in [-0.39, 0.29) is 12.1 Å². The van der Waals surface area contributed by atoms with Crippen molar-refractivity contribution in [2.75, 3.05) is 24.5 Å². The number of nitrogens with zero attached hydrogens (tertiary/aromatic N) is 4. The minimum Gasteiger partial charge on any atom is -0.444 e. The second-order valence-corrected chi connectivity index (χ2v) is 10.9. The number of hydrogen-bond acceptors (Lipinski definition) is 7. The molecule has 0 N–H and O–H groups in total. The van der Waals surface area contributed by atoms with Crippen molar-refractivity contribution in [3.8, 4) is 0 Å². The monoisotopic (exact) mass is 430 g/mol. The van der Waals surface area contributed by atoms with Gasteiger partial charge in [0.1, 0.15) is 11.4 Å². The number of hydrogen-bond donors (Lipinski definition) is 0. The Labute approximate surface area is 185 Å². The molecule has 0 spiro atoms. The van der Waals surface area contributed by atoms with E-state index in [1.807, 2.05) is 53.4 Å². The molecular formula is C22H35BN4O4. The van der Waals surface area contributed by atoms with Crippen molar-refractivity contribution in [2.24, 2.45) is 5.92 Å². The fraction of sp³-hybridized carbons (Fsp3) is 0.773. The Morgan fingerprint density at radius 3 is 2.35 bits per heavy atom. The van der Waals surface area contributed by atoms with Gasteiger partial charge >= 0.3 is 13.2 Å². The average molecular weight is 430 g/mol. The van der Waals surface area contributed by atoms with Gasteiger partial charge in [-0.3, -0.25) is 4.98 Å². The fourth-order valence-electron chi connectivity index (χ4n) is 4.05. The van der Waals surface area contributed by atoms with E-state index in [0.717, 1.165) is 25.2 Å². The standard InChI is InChI=1S/C22H35BN4O4/c1-20(2,3)29-19(28)27-11-10-26(14-16(27)15-8-9-15)18-13-24-12-17(25-18)23-30-21(4,5)22(6,7)31-23/h12-13,15-16H,8-11,14H2,1-7H3/t16-/m1/s1. The highest BCUT2D eigenvalue weighted by Crippen LogP contribution is 2.38. The Kier molecular flexibility index (Phi) is 5.49. The van der Waals surface area contributed by atoms with Crippen LogP contribution in [0.25, 0.3) is 0 Å². The highest BCUT2D eigenvalue weighted by molar-refractivity contribution is 6.61. The molecule has 0 bridgehead atoms. The average Bonchev–Trinajstić information content (AvgIpc) is 3.47. The molecule has 4 rings (SSSR count). The first kappa shape index (κ1) is 22.3. The molecule has 170 valence electrons. The predicted molar refractivity (Wildman–Crippen MR) is 119 cm³/mol. The van der Waals surface area contributed by atoms with Gasteiger partial charge in [0.05, 0.1) is 29.0 Å². The first-order chi connectivity index (χ1) is 14.4. The smallest absolute Gasteiger partial charge is 0.444 e. The van der Waals surface area contributed by atoms with Gasteiger partial charge in [-0.25, -0.2) is 9.78 Å². The van der Waals surface area contributed by atoms with Crippen LogP contribution < -0.4 is 10.5 Å². The summed E-state index contributed by atoms with van der Waals surface area (Å²) in [5.74, 6) is 1.32.